The fraction of sp³-hybridized carbons (Fsp3) is 0.286. The lowest BCUT2D eigenvalue weighted by Crippen LogP contribution is -2.36. The molecular formula is C21H25N3O3S. The summed E-state index contributed by atoms with van der Waals surface area (Å²) >= 11 is 1.72. The van der Waals surface area contributed by atoms with Crippen molar-refractivity contribution < 1.29 is 14.3 Å². The van der Waals surface area contributed by atoms with E-state index in [4.69, 9.17) is 9.47 Å². The molecule has 0 radical (unpaired) electrons. The highest BCUT2D eigenvalue weighted by Gasteiger charge is 2.19. The largest absolute Gasteiger partial charge is 0.493 e. The van der Waals surface area contributed by atoms with Crippen LogP contribution in [0, 0.1) is 0 Å². The first-order valence-corrected chi connectivity index (χ1v) is 9.81. The molecule has 2 N–H and O–H groups in total. The second-order valence-corrected chi connectivity index (χ2v) is 7.45. The Morgan fingerprint density at radius 3 is 2.61 bits per heavy atom. The Morgan fingerprint density at radius 2 is 1.89 bits per heavy atom. The molecule has 0 aliphatic carbocycles. The van der Waals surface area contributed by atoms with Crippen molar-refractivity contribution in [2.75, 3.05) is 40.2 Å². The standard InChI is InChI=1S/C21H25N3O3S/c1-24(2)17(15-13-28-19-11-6-5-8-14(15)19)12-22-21(25)23-16-9-7-10-18(26-3)20(16)27-4/h5-11,13,17H,12H2,1-4H3,(H2,22,23,25)/t17-/m0/s1. The highest BCUT2D eigenvalue weighted by Crippen LogP contribution is 2.35. The van der Waals surface area contributed by atoms with Gasteiger partial charge in [0.2, 0.25) is 0 Å². The molecule has 7 heteroatoms. The zero-order chi connectivity index (χ0) is 20.1. The summed E-state index contributed by atoms with van der Waals surface area (Å²) in [6.07, 6.45) is 0. The van der Waals surface area contributed by atoms with Gasteiger partial charge in [-0.25, -0.2) is 4.79 Å². The number of hydrogen-bond donors (Lipinski definition) is 2. The van der Waals surface area contributed by atoms with Crippen LogP contribution in [0.5, 0.6) is 11.5 Å². The Kier molecular flexibility index (Phi) is 6.38. The van der Waals surface area contributed by atoms with Gasteiger partial charge in [0, 0.05) is 11.2 Å². The van der Waals surface area contributed by atoms with Gasteiger partial charge in [-0.15, -0.1) is 11.3 Å². The highest BCUT2D eigenvalue weighted by atomic mass is 32.1. The lowest BCUT2D eigenvalue weighted by Gasteiger charge is -2.25. The predicted octanol–water partition coefficient (Wildman–Crippen LogP) is 4.34. The third kappa shape index (κ3) is 4.21. The van der Waals surface area contributed by atoms with Gasteiger partial charge in [-0.05, 0) is 48.6 Å². The Balaban J connectivity index is 1.72. The Morgan fingerprint density at radius 1 is 1.11 bits per heavy atom. The number of anilines is 1. The second kappa shape index (κ2) is 8.95. The van der Waals surface area contributed by atoms with Crippen LogP contribution in [0.3, 0.4) is 0 Å². The maximum atomic E-state index is 12.5. The SMILES string of the molecule is COc1cccc(NC(=O)NC[C@@H](c2csc3ccccc23)N(C)C)c1OC. The van der Waals surface area contributed by atoms with Crippen molar-refractivity contribution in [2.45, 2.75) is 6.04 Å². The molecule has 148 valence electrons. The van der Waals surface area contributed by atoms with Gasteiger partial charge < -0.3 is 25.0 Å². The van der Waals surface area contributed by atoms with Gasteiger partial charge in [0.05, 0.1) is 25.9 Å². The molecule has 1 heterocycles. The van der Waals surface area contributed by atoms with Crippen LogP contribution >= 0.6 is 11.3 Å². The van der Waals surface area contributed by atoms with Crippen LogP contribution in [0.1, 0.15) is 11.6 Å². The van der Waals surface area contributed by atoms with E-state index in [1.165, 1.54) is 15.6 Å². The monoisotopic (exact) mass is 399 g/mol. The lowest BCUT2D eigenvalue weighted by atomic mass is 10.0. The summed E-state index contributed by atoms with van der Waals surface area (Å²) in [7, 11) is 7.14. The van der Waals surface area contributed by atoms with Crippen molar-refractivity contribution in [3.63, 3.8) is 0 Å². The number of fused-ring (bicyclic) bond motifs is 1. The summed E-state index contributed by atoms with van der Waals surface area (Å²) in [4.78, 5) is 14.6. The van der Waals surface area contributed by atoms with Crippen molar-refractivity contribution in [1.29, 1.82) is 0 Å². The number of nitrogens with zero attached hydrogens (tertiary/aromatic N) is 1. The number of thiophene rings is 1. The van der Waals surface area contributed by atoms with Crippen LogP contribution in [0.4, 0.5) is 10.5 Å². The fourth-order valence-corrected chi connectivity index (χ4v) is 4.18. The number of rotatable bonds is 7. The molecule has 0 saturated carbocycles. The van der Waals surface area contributed by atoms with Gasteiger partial charge in [-0.2, -0.15) is 0 Å². The topological polar surface area (TPSA) is 62.8 Å². The molecule has 1 atom stereocenters. The lowest BCUT2D eigenvalue weighted by molar-refractivity contribution is 0.243. The van der Waals surface area contributed by atoms with Crippen molar-refractivity contribution >= 4 is 33.1 Å². The summed E-state index contributed by atoms with van der Waals surface area (Å²) in [5.74, 6) is 1.06. The van der Waals surface area contributed by atoms with E-state index in [1.807, 2.05) is 26.2 Å². The number of carbonyl (C=O) groups is 1. The third-order valence-electron chi connectivity index (χ3n) is 4.60. The molecule has 28 heavy (non-hydrogen) atoms. The van der Waals surface area contributed by atoms with Crippen LogP contribution in [0.15, 0.2) is 47.8 Å². The number of benzene rings is 2. The van der Waals surface area contributed by atoms with Crippen LogP contribution in [0.2, 0.25) is 0 Å². The van der Waals surface area contributed by atoms with Crippen molar-refractivity contribution in [2.24, 2.45) is 0 Å². The number of nitrogens with one attached hydrogen (secondary N) is 2. The number of para-hydroxylation sites is 1. The number of urea groups is 1. The van der Waals surface area contributed by atoms with Crippen LogP contribution in [-0.2, 0) is 0 Å². The zero-order valence-corrected chi connectivity index (χ0v) is 17.3. The molecular weight excluding hydrogens is 374 g/mol. The van der Waals surface area contributed by atoms with E-state index in [0.717, 1.165) is 0 Å². The summed E-state index contributed by atoms with van der Waals surface area (Å²) in [5.41, 5.74) is 1.77. The first-order chi connectivity index (χ1) is 13.5. The summed E-state index contributed by atoms with van der Waals surface area (Å²) in [5, 5.41) is 9.20. The molecule has 1 aromatic heterocycles. The van der Waals surface area contributed by atoms with E-state index in [-0.39, 0.29) is 12.1 Å². The van der Waals surface area contributed by atoms with Crippen LogP contribution in [0.25, 0.3) is 10.1 Å². The van der Waals surface area contributed by atoms with E-state index in [2.05, 4.69) is 33.0 Å². The number of ether oxygens (including phenoxy) is 2. The molecule has 3 aromatic rings. The molecule has 6 nitrogen and oxygen atoms in total. The average molecular weight is 400 g/mol. The number of hydrogen-bond acceptors (Lipinski definition) is 5. The fourth-order valence-electron chi connectivity index (χ4n) is 3.17. The minimum absolute atomic E-state index is 0.0640. The summed E-state index contributed by atoms with van der Waals surface area (Å²) in [6, 6.07) is 13.5. The normalized spacial score (nSPS) is 12.0. The third-order valence-corrected chi connectivity index (χ3v) is 5.58. The van der Waals surface area contributed by atoms with Crippen LogP contribution < -0.4 is 20.1 Å². The zero-order valence-electron chi connectivity index (χ0n) is 16.5. The Bertz CT molecular complexity index is 955. The molecule has 2 aromatic carbocycles. The molecule has 0 unspecified atom stereocenters. The minimum atomic E-state index is -0.294. The average Bonchev–Trinajstić information content (AvgIpc) is 3.11. The summed E-state index contributed by atoms with van der Waals surface area (Å²) < 4.78 is 11.9. The molecule has 0 saturated heterocycles. The van der Waals surface area contributed by atoms with E-state index in [9.17, 15) is 4.79 Å². The Labute approximate surface area is 169 Å². The minimum Gasteiger partial charge on any atom is -0.493 e. The molecule has 0 bridgehead atoms. The van der Waals surface area contributed by atoms with E-state index in [0.29, 0.717) is 23.7 Å². The molecule has 0 spiro atoms. The van der Waals surface area contributed by atoms with Gasteiger partial charge in [0.15, 0.2) is 11.5 Å². The van der Waals surface area contributed by atoms with Gasteiger partial charge in [0.1, 0.15) is 0 Å². The van der Waals surface area contributed by atoms with Crippen molar-refractivity contribution in [3.8, 4) is 11.5 Å². The van der Waals surface area contributed by atoms with Gasteiger partial charge >= 0.3 is 6.03 Å². The number of carbonyl (C=O) groups excluding carboxylic acids is 1. The predicted molar refractivity (Wildman–Crippen MR) is 115 cm³/mol. The Hall–Kier alpha value is -2.77. The van der Waals surface area contributed by atoms with Crippen molar-refractivity contribution in [1.82, 2.24) is 10.2 Å². The summed E-state index contributed by atoms with van der Waals surface area (Å²) in [6.45, 7) is 0.478. The van der Waals surface area contributed by atoms with Crippen molar-refractivity contribution in [3.05, 3.63) is 53.4 Å². The number of amides is 2. The highest BCUT2D eigenvalue weighted by molar-refractivity contribution is 7.17. The quantitative estimate of drug-likeness (QED) is 0.620. The van der Waals surface area contributed by atoms with E-state index < -0.39 is 0 Å². The molecule has 0 fully saturated rings. The van der Waals surface area contributed by atoms with E-state index in [1.54, 1.807) is 43.8 Å². The van der Waals surface area contributed by atoms with Gasteiger partial charge in [-0.1, -0.05) is 24.3 Å². The number of likely N-dealkylation sites (N-methyl/N-ethyl adjacent to an activating group) is 1. The van der Waals surface area contributed by atoms with Gasteiger partial charge in [0.25, 0.3) is 0 Å². The maximum Gasteiger partial charge on any atom is 0.319 e. The smallest absolute Gasteiger partial charge is 0.319 e. The molecule has 3 rings (SSSR count). The first-order valence-electron chi connectivity index (χ1n) is 8.93. The maximum absolute atomic E-state index is 12.5. The van der Waals surface area contributed by atoms with Gasteiger partial charge in [-0.3, -0.25) is 0 Å². The molecule has 2 amide bonds. The second-order valence-electron chi connectivity index (χ2n) is 6.54. The van der Waals surface area contributed by atoms with Crippen LogP contribution in [-0.4, -0.2) is 45.8 Å². The molecule has 0 aliphatic heterocycles. The molecule has 0 aliphatic rings. The number of methoxy groups -OCH3 is 2. The first kappa shape index (κ1) is 20.0. The van der Waals surface area contributed by atoms with E-state index >= 15 is 0 Å².